The second-order valence-corrected chi connectivity index (χ2v) is 9.42. The van der Waals surface area contributed by atoms with Crippen molar-refractivity contribution in [2.75, 3.05) is 5.75 Å². The van der Waals surface area contributed by atoms with Crippen LogP contribution in [0.4, 0.5) is 4.39 Å². The predicted octanol–water partition coefficient (Wildman–Crippen LogP) is 4.78. The van der Waals surface area contributed by atoms with Crippen LogP contribution in [0.3, 0.4) is 0 Å². The summed E-state index contributed by atoms with van der Waals surface area (Å²) in [6.07, 6.45) is 0.291. The summed E-state index contributed by atoms with van der Waals surface area (Å²) in [5, 5.41) is 2.91. The molecule has 0 aliphatic carbocycles. The monoisotopic (exact) mass is 430 g/mol. The summed E-state index contributed by atoms with van der Waals surface area (Å²) in [5.74, 6) is 0.674. The maximum Gasteiger partial charge on any atom is 0.242 e. The molecule has 0 saturated carbocycles. The van der Waals surface area contributed by atoms with Gasteiger partial charge in [-0.05, 0) is 39.3 Å². The lowest BCUT2D eigenvalue weighted by Crippen LogP contribution is -2.52. The molecule has 0 unspecified atom stereocenters. The van der Waals surface area contributed by atoms with Crippen molar-refractivity contribution < 1.29 is 14.0 Å². The summed E-state index contributed by atoms with van der Waals surface area (Å²) < 4.78 is 14.2. The van der Waals surface area contributed by atoms with Crippen molar-refractivity contribution in [3.8, 4) is 0 Å². The van der Waals surface area contributed by atoms with Gasteiger partial charge in [0.2, 0.25) is 11.8 Å². The quantitative estimate of drug-likeness (QED) is 0.583. The topological polar surface area (TPSA) is 49.4 Å². The Morgan fingerprint density at radius 2 is 1.70 bits per heavy atom. The van der Waals surface area contributed by atoms with Gasteiger partial charge in [0.05, 0.1) is 0 Å². The maximum atomic E-state index is 14.2. The number of rotatable bonds is 9. The Balaban J connectivity index is 2.04. The van der Waals surface area contributed by atoms with Gasteiger partial charge in [0, 0.05) is 35.6 Å². The highest BCUT2D eigenvalue weighted by Crippen LogP contribution is 2.17. The number of hydrogen-bond donors (Lipinski definition) is 1. The highest BCUT2D eigenvalue weighted by atomic mass is 32.2. The zero-order valence-electron chi connectivity index (χ0n) is 18.2. The lowest BCUT2D eigenvalue weighted by molar-refractivity contribution is -0.141. The molecule has 2 aromatic carbocycles. The van der Waals surface area contributed by atoms with Crippen molar-refractivity contribution in [1.29, 1.82) is 0 Å². The molecule has 0 aliphatic rings. The van der Waals surface area contributed by atoms with Crippen LogP contribution in [0.25, 0.3) is 0 Å². The van der Waals surface area contributed by atoms with Crippen LogP contribution in [-0.4, -0.2) is 34.0 Å². The normalized spacial score (nSPS) is 12.3. The van der Waals surface area contributed by atoms with Gasteiger partial charge in [0.1, 0.15) is 11.9 Å². The molecule has 162 valence electrons. The number of amides is 2. The Morgan fingerprint density at radius 3 is 2.33 bits per heavy atom. The number of nitrogens with one attached hydrogen (secondary N) is 1. The van der Waals surface area contributed by atoms with Gasteiger partial charge >= 0.3 is 0 Å². The number of carbonyl (C=O) groups excluding carboxylic acids is 2. The minimum atomic E-state index is -0.699. The molecule has 1 atom stereocenters. The number of thioether (sulfide) groups is 1. The average Bonchev–Trinajstić information content (AvgIpc) is 2.69. The Morgan fingerprint density at radius 1 is 1.07 bits per heavy atom. The molecule has 0 bridgehead atoms. The molecule has 0 heterocycles. The van der Waals surface area contributed by atoms with Crippen molar-refractivity contribution in [3.63, 3.8) is 0 Å². The number of nitrogens with zero attached hydrogens (tertiary/aromatic N) is 1. The SMILES string of the molecule is C[C@@H](C(=O)NC(C)(C)C)N(Cc1ccccc1F)C(=O)CCSCc1ccccc1. The van der Waals surface area contributed by atoms with Crippen LogP contribution in [0.5, 0.6) is 0 Å². The molecular formula is C24H31FN2O2S. The third-order valence-electron chi connectivity index (χ3n) is 4.54. The molecule has 0 radical (unpaired) electrons. The lowest BCUT2D eigenvalue weighted by Gasteiger charge is -2.31. The summed E-state index contributed by atoms with van der Waals surface area (Å²) in [4.78, 5) is 27.2. The fraction of sp³-hybridized carbons (Fsp3) is 0.417. The third-order valence-corrected chi connectivity index (χ3v) is 5.57. The molecule has 0 aromatic heterocycles. The molecule has 2 amide bonds. The first-order chi connectivity index (χ1) is 14.2. The summed E-state index contributed by atoms with van der Waals surface area (Å²) in [6, 6.07) is 15.7. The zero-order chi connectivity index (χ0) is 22.1. The number of hydrogen-bond acceptors (Lipinski definition) is 3. The first kappa shape index (κ1) is 23.9. The second-order valence-electron chi connectivity index (χ2n) is 8.32. The van der Waals surface area contributed by atoms with E-state index >= 15 is 0 Å². The first-order valence-electron chi connectivity index (χ1n) is 10.1. The number of carbonyl (C=O) groups is 2. The fourth-order valence-electron chi connectivity index (χ4n) is 2.93. The van der Waals surface area contributed by atoms with Crippen LogP contribution in [0.15, 0.2) is 54.6 Å². The van der Waals surface area contributed by atoms with E-state index in [0.29, 0.717) is 17.7 Å². The van der Waals surface area contributed by atoms with E-state index in [0.717, 1.165) is 5.75 Å². The summed E-state index contributed by atoms with van der Waals surface area (Å²) in [7, 11) is 0. The first-order valence-corrected chi connectivity index (χ1v) is 11.3. The Labute approximate surface area is 183 Å². The van der Waals surface area contributed by atoms with Crippen LogP contribution >= 0.6 is 11.8 Å². The number of benzene rings is 2. The molecule has 4 nitrogen and oxygen atoms in total. The van der Waals surface area contributed by atoms with E-state index in [1.54, 1.807) is 36.9 Å². The Bertz CT molecular complexity index is 837. The standard InChI is InChI=1S/C24H31FN2O2S/c1-18(23(29)26-24(2,3)4)27(16-20-12-8-9-13-21(20)25)22(28)14-15-30-17-19-10-6-5-7-11-19/h5-13,18H,14-17H2,1-4H3,(H,26,29)/t18-/m0/s1. The largest absolute Gasteiger partial charge is 0.350 e. The minimum Gasteiger partial charge on any atom is -0.350 e. The van der Waals surface area contributed by atoms with Crippen molar-refractivity contribution in [1.82, 2.24) is 10.2 Å². The van der Waals surface area contributed by atoms with Crippen LogP contribution < -0.4 is 5.32 Å². The van der Waals surface area contributed by atoms with Gasteiger partial charge in [0.15, 0.2) is 0 Å². The highest BCUT2D eigenvalue weighted by Gasteiger charge is 2.28. The maximum absolute atomic E-state index is 14.2. The van der Waals surface area contributed by atoms with E-state index in [-0.39, 0.29) is 24.2 Å². The fourth-order valence-corrected chi connectivity index (χ4v) is 3.83. The Hall–Kier alpha value is -2.34. The molecule has 0 saturated heterocycles. The van der Waals surface area contributed by atoms with Crippen molar-refractivity contribution in [2.24, 2.45) is 0 Å². The molecule has 1 N–H and O–H groups in total. The third kappa shape index (κ3) is 7.82. The number of halogens is 1. The highest BCUT2D eigenvalue weighted by molar-refractivity contribution is 7.98. The molecule has 2 rings (SSSR count). The van der Waals surface area contributed by atoms with Crippen molar-refractivity contribution in [3.05, 3.63) is 71.5 Å². The predicted molar refractivity (Wildman–Crippen MR) is 122 cm³/mol. The minimum absolute atomic E-state index is 0.0631. The van der Waals surface area contributed by atoms with Crippen LogP contribution in [0.1, 0.15) is 45.2 Å². The molecule has 2 aromatic rings. The summed E-state index contributed by atoms with van der Waals surface area (Å²) in [5.41, 5.74) is 1.19. The lowest BCUT2D eigenvalue weighted by atomic mass is 10.1. The molecule has 0 fully saturated rings. The summed E-state index contributed by atoms with van der Waals surface area (Å²) >= 11 is 1.67. The Kier molecular flexibility index (Phi) is 8.90. The average molecular weight is 431 g/mol. The van der Waals surface area contributed by atoms with Gasteiger partial charge in [-0.1, -0.05) is 48.5 Å². The van der Waals surface area contributed by atoms with E-state index in [4.69, 9.17) is 0 Å². The summed E-state index contributed by atoms with van der Waals surface area (Å²) in [6.45, 7) is 7.42. The van der Waals surface area contributed by atoms with E-state index < -0.39 is 11.6 Å². The van der Waals surface area contributed by atoms with Gasteiger partial charge in [0.25, 0.3) is 0 Å². The van der Waals surface area contributed by atoms with E-state index in [9.17, 15) is 14.0 Å². The second kappa shape index (κ2) is 11.2. The van der Waals surface area contributed by atoms with Gasteiger partial charge in [-0.15, -0.1) is 0 Å². The molecule has 0 spiro atoms. The van der Waals surface area contributed by atoms with Gasteiger partial charge in [-0.25, -0.2) is 4.39 Å². The van der Waals surface area contributed by atoms with Crippen LogP contribution in [0, 0.1) is 5.82 Å². The van der Waals surface area contributed by atoms with Gasteiger partial charge < -0.3 is 10.2 Å². The van der Waals surface area contributed by atoms with Crippen LogP contribution in [0.2, 0.25) is 0 Å². The van der Waals surface area contributed by atoms with Crippen molar-refractivity contribution >= 4 is 23.6 Å². The van der Waals surface area contributed by atoms with E-state index in [1.807, 2.05) is 39.0 Å². The molecule has 30 heavy (non-hydrogen) atoms. The van der Waals surface area contributed by atoms with Crippen LogP contribution in [-0.2, 0) is 21.9 Å². The van der Waals surface area contributed by atoms with Gasteiger partial charge in [-0.3, -0.25) is 9.59 Å². The van der Waals surface area contributed by atoms with E-state index in [2.05, 4.69) is 17.4 Å². The van der Waals surface area contributed by atoms with Crippen molar-refractivity contribution in [2.45, 2.75) is 58.0 Å². The molecular weight excluding hydrogens is 399 g/mol. The van der Waals surface area contributed by atoms with E-state index in [1.165, 1.54) is 16.5 Å². The van der Waals surface area contributed by atoms with Gasteiger partial charge in [-0.2, -0.15) is 11.8 Å². The smallest absolute Gasteiger partial charge is 0.242 e. The zero-order valence-corrected chi connectivity index (χ0v) is 19.0. The molecule has 0 aliphatic heterocycles. The molecule has 6 heteroatoms.